The van der Waals surface area contributed by atoms with Crippen molar-refractivity contribution >= 4 is 16.1 Å². The molecule has 0 aromatic heterocycles. The quantitative estimate of drug-likeness (QED) is 0.555. The molecule has 1 nitrogen and oxygen atoms in total. The van der Waals surface area contributed by atoms with E-state index >= 15 is 0 Å². The van der Waals surface area contributed by atoms with Gasteiger partial charge in [0.1, 0.15) is 0 Å². The molecule has 0 radical (unpaired) electrons. The third kappa shape index (κ3) is 4.15. The number of hydrogen-bond donors (Lipinski definition) is 0. The summed E-state index contributed by atoms with van der Waals surface area (Å²) in [5.74, 6) is 0. The molecule has 0 saturated carbocycles. The maximum atomic E-state index is 2.95. The minimum atomic E-state index is 0.111. The van der Waals surface area contributed by atoms with Crippen LogP contribution in [-0.2, 0) is 0 Å². The summed E-state index contributed by atoms with van der Waals surface area (Å²) in [6.07, 6.45) is 8.57. The highest BCUT2D eigenvalue weighted by atomic mass is 31.2. The van der Waals surface area contributed by atoms with Crippen LogP contribution >= 0.6 is 16.1 Å². The van der Waals surface area contributed by atoms with Crippen molar-refractivity contribution in [2.24, 2.45) is 0 Å². The van der Waals surface area contributed by atoms with Gasteiger partial charge in [0.25, 0.3) is 0 Å². The third-order valence-electron chi connectivity index (χ3n) is 3.96. The second kappa shape index (κ2) is 8.08. The Balaban J connectivity index is 2.73. The van der Waals surface area contributed by atoms with Crippen molar-refractivity contribution in [1.29, 1.82) is 0 Å². The fraction of sp³-hybridized carbons (Fsp3) is 1.00. The predicted octanol–water partition coefficient (Wildman–Crippen LogP) is 5.49. The molecule has 1 aliphatic rings. The van der Waals surface area contributed by atoms with Gasteiger partial charge in [0, 0.05) is 6.54 Å². The predicted molar refractivity (Wildman–Crippen MR) is 84.7 cm³/mol. The second-order valence-corrected chi connectivity index (χ2v) is 10.6. The molecule has 1 rings (SSSR count). The van der Waals surface area contributed by atoms with Gasteiger partial charge in [-0.15, -0.1) is 0 Å². The van der Waals surface area contributed by atoms with E-state index in [4.69, 9.17) is 0 Å². The Morgan fingerprint density at radius 3 is 1.94 bits per heavy atom. The van der Waals surface area contributed by atoms with E-state index in [1.165, 1.54) is 45.1 Å². The van der Waals surface area contributed by atoms with Crippen LogP contribution in [0.25, 0.3) is 0 Å². The van der Waals surface area contributed by atoms with Crippen molar-refractivity contribution in [1.82, 2.24) is 4.44 Å². The van der Waals surface area contributed by atoms with Gasteiger partial charge in [-0.25, -0.2) is 0 Å². The number of nitrogens with zero attached hydrogens (tertiary/aromatic N) is 1. The highest BCUT2D eigenvalue weighted by molar-refractivity contribution is 7.70. The highest BCUT2D eigenvalue weighted by Gasteiger charge is 2.38. The molecule has 1 heterocycles. The van der Waals surface area contributed by atoms with Crippen LogP contribution in [0, 0.1) is 0 Å². The Bertz CT molecular complexity index is 196. The van der Waals surface area contributed by atoms with Crippen LogP contribution in [0.4, 0.5) is 0 Å². The lowest BCUT2D eigenvalue weighted by Crippen LogP contribution is -2.21. The molecular weight excluding hydrogens is 244 g/mol. The van der Waals surface area contributed by atoms with Gasteiger partial charge in [0.15, 0.2) is 0 Å². The first-order valence-corrected chi connectivity index (χ1v) is 11.0. The maximum absolute atomic E-state index is 2.95. The lowest BCUT2D eigenvalue weighted by molar-refractivity contribution is 0.624. The van der Waals surface area contributed by atoms with Crippen molar-refractivity contribution in [2.45, 2.75) is 70.6 Å². The van der Waals surface area contributed by atoms with Gasteiger partial charge in [-0.05, 0) is 72.9 Å². The largest absolute Gasteiger partial charge is 0.260 e. The van der Waals surface area contributed by atoms with Gasteiger partial charge < -0.3 is 0 Å². The molecule has 0 aromatic rings. The third-order valence-corrected chi connectivity index (χ3v) is 10.3. The average molecular weight is 275 g/mol. The van der Waals surface area contributed by atoms with Crippen LogP contribution in [0.15, 0.2) is 0 Å². The van der Waals surface area contributed by atoms with E-state index in [0.717, 1.165) is 11.3 Å². The smallest absolute Gasteiger partial charge is 0.00616 e. The molecule has 3 heteroatoms. The van der Waals surface area contributed by atoms with E-state index < -0.39 is 0 Å². The van der Waals surface area contributed by atoms with Crippen molar-refractivity contribution in [3.63, 3.8) is 0 Å². The molecule has 1 saturated heterocycles. The first-order valence-electron chi connectivity index (χ1n) is 7.38. The summed E-state index contributed by atoms with van der Waals surface area (Å²) in [6, 6.07) is 0. The maximum Gasteiger partial charge on any atom is 0.00616 e. The summed E-state index contributed by atoms with van der Waals surface area (Å²) in [5, 5.41) is 0. The molecule has 0 bridgehead atoms. The van der Waals surface area contributed by atoms with Crippen molar-refractivity contribution in [3.05, 3.63) is 0 Å². The van der Waals surface area contributed by atoms with E-state index in [9.17, 15) is 0 Å². The van der Waals surface area contributed by atoms with E-state index in [0.29, 0.717) is 0 Å². The normalized spacial score (nSPS) is 26.3. The van der Waals surface area contributed by atoms with Gasteiger partial charge in [-0.1, -0.05) is 27.2 Å². The highest BCUT2D eigenvalue weighted by Crippen LogP contribution is 2.65. The summed E-state index contributed by atoms with van der Waals surface area (Å²) in [6.45, 7) is 13.4. The Kier molecular flexibility index (Phi) is 7.55. The van der Waals surface area contributed by atoms with Crippen LogP contribution < -0.4 is 0 Å². The number of rotatable bonds is 7. The van der Waals surface area contributed by atoms with E-state index in [1.807, 2.05) is 0 Å². The van der Waals surface area contributed by atoms with Crippen LogP contribution in [-0.4, -0.2) is 35.6 Å². The molecule has 0 aliphatic carbocycles. The van der Waals surface area contributed by atoms with E-state index in [1.54, 1.807) is 0 Å². The molecule has 0 unspecified atom stereocenters. The Labute approximate surface area is 111 Å². The zero-order valence-corrected chi connectivity index (χ0v) is 14.2. The van der Waals surface area contributed by atoms with Crippen LogP contribution in [0.1, 0.15) is 59.3 Å². The van der Waals surface area contributed by atoms with Gasteiger partial charge in [-0.3, -0.25) is 4.44 Å². The van der Waals surface area contributed by atoms with Crippen molar-refractivity contribution in [2.75, 3.05) is 19.9 Å². The van der Waals surface area contributed by atoms with Gasteiger partial charge in [-0.2, -0.15) is 0 Å². The molecule has 1 fully saturated rings. The Morgan fingerprint density at radius 2 is 1.59 bits per heavy atom. The fourth-order valence-corrected chi connectivity index (χ4v) is 9.30. The molecular formula is C14H31NP2. The van der Waals surface area contributed by atoms with Gasteiger partial charge >= 0.3 is 0 Å². The summed E-state index contributed by atoms with van der Waals surface area (Å²) in [7, 11) is 0.286. The van der Waals surface area contributed by atoms with Crippen LogP contribution in [0.2, 0.25) is 0 Å². The first kappa shape index (κ1) is 15.9. The minimum absolute atomic E-state index is 0.111. The molecule has 0 spiro atoms. The summed E-state index contributed by atoms with van der Waals surface area (Å²) < 4.78 is 2.95. The van der Waals surface area contributed by atoms with Gasteiger partial charge in [0.05, 0.1) is 0 Å². The molecule has 1 aliphatic heterocycles. The van der Waals surface area contributed by atoms with Crippen LogP contribution in [0.5, 0.6) is 0 Å². The standard InChI is InChI=1S/C14H31NP2/c1-6-9-12-15(16(4)5)17-13(7-2)10-11-14(17)8-3/h13-14H,6-12H2,1-5H3/t13-,14-/m1/s1. The number of unbranched alkanes of at least 4 members (excludes halogenated alkanes) is 1. The molecule has 0 N–H and O–H groups in total. The summed E-state index contributed by atoms with van der Waals surface area (Å²) >= 11 is 0. The monoisotopic (exact) mass is 275 g/mol. The van der Waals surface area contributed by atoms with E-state index in [2.05, 4.69) is 38.5 Å². The van der Waals surface area contributed by atoms with Gasteiger partial charge in [0.2, 0.25) is 0 Å². The Morgan fingerprint density at radius 1 is 1.06 bits per heavy atom. The SMILES string of the molecule is CCCCN(P(C)C)P1[C@H](CC)CC[C@H]1CC. The fourth-order valence-electron chi connectivity index (χ4n) is 2.93. The van der Waals surface area contributed by atoms with Crippen molar-refractivity contribution < 1.29 is 0 Å². The Hall–Kier alpha value is 0.820. The molecule has 102 valence electrons. The number of hydrogen-bond acceptors (Lipinski definition) is 1. The zero-order valence-electron chi connectivity index (χ0n) is 12.4. The van der Waals surface area contributed by atoms with Crippen LogP contribution in [0.3, 0.4) is 0 Å². The average Bonchev–Trinajstić information content (AvgIpc) is 2.72. The summed E-state index contributed by atoms with van der Waals surface area (Å²) in [4.78, 5) is 0. The minimum Gasteiger partial charge on any atom is -0.260 e. The molecule has 17 heavy (non-hydrogen) atoms. The zero-order chi connectivity index (χ0) is 12.8. The first-order chi connectivity index (χ1) is 8.15. The van der Waals surface area contributed by atoms with E-state index in [-0.39, 0.29) is 16.1 Å². The second-order valence-electron chi connectivity index (χ2n) is 5.38. The molecule has 0 aromatic carbocycles. The molecule has 2 atom stereocenters. The summed E-state index contributed by atoms with van der Waals surface area (Å²) in [5.41, 5.74) is 2.08. The lowest BCUT2D eigenvalue weighted by atomic mass is 10.1. The van der Waals surface area contributed by atoms with Crippen molar-refractivity contribution in [3.8, 4) is 0 Å². The lowest BCUT2D eigenvalue weighted by Gasteiger charge is -2.39. The molecule has 0 amide bonds. The topological polar surface area (TPSA) is 3.24 Å².